The summed E-state index contributed by atoms with van der Waals surface area (Å²) in [6.07, 6.45) is 0. The Morgan fingerprint density at radius 2 is 1.12 bits per heavy atom. The number of hydrogen-bond acceptors (Lipinski definition) is 3. The molecule has 0 radical (unpaired) electrons. The monoisotopic (exact) mass is 182 g/mol. The van der Waals surface area contributed by atoms with Gasteiger partial charge in [0.2, 0.25) is 0 Å². The van der Waals surface area contributed by atoms with E-state index in [1.54, 1.807) is 0 Å². The molecule has 0 fully saturated rings. The van der Waals surface area contributed by atoms with Crippen LogP contribution in [-0.2, 0) is 4.46 Å². The molecule has 0 heterocycles. The minimum atomic E-state index is -3.63. The number of hydrogen-bond donors (Lipinski definition) is 0. The predicted molar refractivity (Wildman–Crippen MR) is 18.6 cm³/mol. The fourth-order valence-electron chi connectivity index (χ4n) is 0. The van der Waals surface area contributed by atoms with E-state index in [1.807, 2.05) is 0 Å². The van der Waals surface area contributed by atoms with Crippen molar-refractivity contribution < 1.29 is 78.6 Å². The SMILES string of the molecule is O.O=[Si]([O-])[O-].[CaH2].[Na+].[Na+]. The van der Waals surface area contributed by atoms with E-state index in [2.05, 4.69) is 0 Å². The Bertz CT molecular complexity index is 37.0. The summed E-state index contributed by atoms with van der Waals surface area (Å²) in [5.41, 5.74) is 0. The first kappa shape index (κ1) is 30.8. The van der Waals surface area contributed by atoms with Crippen molar-refractivity contribution >= 4 is 46.9 Å². The summed E-state index contributed by atoms with van der Waals surface area (Å²) in [5.74, 6) is 0. The largest absolute Gasteiger partial charge is 1.00 e. The topological polar surface area (TPSA) is 94.7 Å². The summed E-state index contributed by atoms with van der Waals surface area (Å²) in [7, 11) is -3.63. The minimum absolute atomic E-state index is 0. The van der Waals surface area contributed by atoms with Gasteiger partial charge in [-0.1, -0.05) is 0 Å². The molecule has 0 aromatic rings. The summed E-state index contributed by atoms with van der Waals surface area (Å²) in [6, 6.07) is 0. The third kappa shape index (κ3) is 67.4. The molecule has 0 aliphatic heterocycles. The van der Waals surface area contributed by atoms with E-state index in [0.717, 1.165) is 0 Å². The van der Waals surface area contributed by atoms with Crippen molar-refractivity contribution in [1.82, 2.24) is 0 Å². The van der Waals surface area contributed by atoms with Crippen molar-refractivity contribution in [3.8, 4) is 0 Å². The second kappa shape index (κ2) is 22.5. The zero-order valence-electron chi connectivity index (χ0n) is 4.22. The van der Waals surface area contributed by atoms with Gasteiger partial charge >= 0.3 is 96.9 Å². The van der Waals surface area contributed by atoms with Crippen LogP contribution in [0.1, 0.15) is 0 Å². The van der Waals surface area contributed by atoms with E-state index < -0.39 is 9.17 Å². The van der Waals surface area contributed by atoms with Gasteiger partial charge < -0.3 is 19.5 Å². The summed E-state index contributed by atoms with van der Waals surface area (Å²) in [5, 5.41) is 0. The van der Waals surface area contributed by atoms with Crippen LogP contribution >= 0.6 is 0 Å². The molecule has 0 saturated carbocycles. The van der Waals surface area contributed by atoms with Gasteiger partial charge in [0.1, 0.15) is 0 Å². The molecular weight excluding hydrogens is 178 g/mol. The first-order chi connectivity index (χ1) is 1.73. The van der Waals surface area contributed by atoms with Crippen LogP contribution in [0.25, 0.3) is 0 Å². The second-order valence-electron chi connectivity index (χ2n) is 0.250. The van der Waals surface area contributed by atoms with E-state index in [-0.39, 0.29) is 102 Å². The summed E-state index contributed by atoms with van der Waals surface area (Å²) < 4.78 is 8.52. The van der Waals surface area contributed by atoms with Crippen LogP contribution in [-0.4, -0.2) is 52.4 Å². The third-order valence-electron chi connectivity index (χ3n) is 0. The van der Waals surface area contributed by atoms with E-state index in [1.165, 1.54) is 0 Å². The summed E-state index contributed by atoms with van der Waals surface area (Å²) >= 11 is 0. The zero-order valence-corrected chi connectivity index (χ0v) is 9.22. The minimum Gasteiger partial charge on any atom is 1.00 e. The molecule has 36 valence electrons. The van der Waals surface area contributed by atoms with E-state index in [9.17, 15) is 0 Å². The quantitative estimate of drug-likeness (QED) is 0.348. The first-order valence-electron chi connectivity index (χ1n) is 0.612. The Balaban J connectivity index is -0.00000000750. The second-order valence-corrected chi connectivity index (χ2v) is 0.750. The molecule has 8 heavy (non-hydrogen) atoms. The fourth-order valence-corrected chi connectivity index (χ4v) is 0. The Labute approximate surface area is 123 Å². The van der Waals surface area contributed by atoms with Crippen molar-refractivity contribution in [2.75, 3.05) is 0 Å². The maximum Gasteiger partial charge on any atom is 1.00 e. The van der Waals surface area contributed by atoms with Gasteiger partial charge in [-0.2, -0.15) is 0 Å². The van der Waals surface area contributed by atoms with Gasteiger partial charge in [-0.25, -0.2) is 0 Å². The third-order valence-corrected chi connectivity index (χ3v) is 0. The molecule has 0 bridgehead atoms. The standard InChI is InChI=1S/Ca.2Na.O3Si.H2O.2H/c;;;1-4(2)3;;;/h;;;;1H2;;/q;2*+1;-2;;;. The maximum absolute atomic E-state index is 8.52. The zero-order chi connectivity index (χ0) is 3.58. The molecule has 8 heteroatoms. The first-order valence-corrected chi connectivity index (χ1v) is 1.84. The Hall–Kier alpha value is 2.84. The van der Waals surface area contributed by atoms with Gasteiger partial charge in [0.25, 0.3) is 0 Å². The molecule has 0 aliphatic rings. The number of rotatable bonds is 0. The van der Waals surface area contributed by atoms with Crippen molar-refractivity contribution in [1.29, 1.82) is 0 Å². The van der Waals surface area contributed by atoms with Crippen molar-refractivity contribution in [3.05, 3.63) is 0 Å². The van der Waals surface area contributed by atoms with Crippen LogP contribution in [0, 0.1) is 0 Å². The molecule has 0 aromatic carbocycles. The van der Waals surface area contributed by atoms with Crippen LogP contribution in [0.5, 0.6) is 0 Å². The normalized spacial score (nSPS) is 3.00. The average molecular weight is 182 g/mol. The predicted octanol–water partition coefficient (Wildman–Crippen LogP) is -10.6. The van der Waals surface area contributed by atoms with E-state index >= 15 is 0 Å². The van der Waals surface area contributed by atoms with Gasteiger partial charge in [-0.15, -0.1) is 0 Å². The van der Waals surface area contributed by atoms with Crippen LogP contribution in [0.2, 0.25) is 0 Å². The van der Waals surface area contributed by atoms with Gasteiger partial charge in [0.15, 0.2) is 0 Å². The Kier molecular flexibility index (Phi) is 86.7. The maximum atomic E-state index is 8.52. The van der Waals surface area contributed by atoms with E-state index in [4.69, 9.17) is 14.1 Å². The molecule has 0 amide bonds. The molecule has 0 rings (SSSR count). The molecule has 0 unspecified atom stereocenters. The van der Waals surface area contributed by atoms with Crippen molar-refractivity contribution in [3.63, 3.8) is 0 Å². The van der Waals surface area contributed by atoms with Crippen molar-refractivity contribution in [2.45, 2.75) is 0 Å². The Morgan fingerprint density at radius 3 is 1.12 bits per heavy atom. The van der Waals surface area contributed by atoms with Crippen molar-refractivity contribution in [2.24, 2.45) is 0 Å². The smallest absolute Gasteiger partial charge is 1.00 e. The Morgan fingerprint density at radius 1 is 1.12 bits per heavy atom. The van der Waals surface area contributed by atoms with Gasteiger partial charge in [0.05, 0.1) is 0 Å². The molecule has 0 aromatic heterocycles. The molecule has 2 N–H and O–H groups in total. The van der Waals surface area contributed by atoms with Crippen LogP contribution in [0.3, 0.4) is 0 Å². The molecule has 0 saturated heterocycles. The summed E-state index contributed by atoms with van der Waals surface area (Å²) in [6.45, 7) is 0. The molecule has 0 atom stereocenters. The molecular formula is H4CaNa2O4Si. The molecule has 0 spiro atoms. The average Bonchev–Trinajstić information content (AvgIpc) is 0.811. The fraction of sp³-hybridized carbons (Fsp3) is 0. The van der Waals surface area contributed by atoms with Crippen LogP contribution < -0.4 is 68.7 Å². The molecule has 4 nitrogen and oxygen atoms in total. The molecule has 0 aliphatic carbocycles. The van der Waals surface area contributed by atoms with E-state index in [0.29, 0.717) is 0 Å². The van der Waals surface area contributed by atoms with Gasteiger partial charge in [0, 0.05) is 9.17 Å². The summed E-state index contributed by atoms with van der Waals surface area (Å²) in [4.78, 5) is 17.0. The van der Waals surface area contributed by atoms with Crippen LogP contribution in [0.15, 0.2) is 0 Å². The van der Waals surface area contributed by atoms with Crippen LogP contribution in [0.4, 0.5) is 0 Å². The van der Waals surface area contributed by atoms with Gasteiger partial charge in [-0.05, 0) is 0 Å². The van der Waals surface area contributed by atoms with Gasteiger partial charge in [-0.3, -0.25) is 0 Å².